The van der Waals surface area contributed by atoms with E-state index >= 15 is 0 Å². The molecule has 0 aliphatic carbocycles. The molecule has 4 nitrogen and oxygen atoms in total. The molecule has 1 aliphatic rings. The summed E-state index contributed by atoms with van der Waals surface area (Å²) < 4.78 is 5.71. The van der Waals surface area contributed by atoms with Crippen molar-refractivity contribution in [2.75, 3.05) is 19.7 Å². The first-order valence-corrected chi connectivity index (χ1v) is 8.80. The number of piperidine rings is 1. The number of ether oxygens (including phenoxy) is 1. The fraction of sp³-hybridized carbons (Fsp3) is 0.350. The Balaban J connectivity index is 1.67. The Morgan fingerprint density at radius 2 is 2.08 bits per heavy atom. The molecule has 0 spiro atoms. The molecular weight excluding hydrogens is 338 g/mol. The lowest BCUT2D eigenvalue weighted by Gasteiger charge is -2.39. The highest BCUT2D eigenvalue weighted by atomic mass is 35.5. The third-order valence-electron chi connectivity index (χ3n) is 4.52. The Bertz CT molecular complexity index is 764. The lowest BCUT2D eigenvalue weighted by Crippen LogP contribution is -2.53. The molecule has 25 heavy (non-hydrogen) atoms. The molecule has 0 saturated carbocycles. The number of benzene rings is 2. The molecule has 1 fully saturated rings. The highest BCUT2D eigenvalue weighted by molar-refractivity contribution is 6.30. The fourth-order valence-corrected chi connectivity index (χ4v) is 3.34. The fourth-order valence-electron chi connectivity index (χ4n) is 3.16. The van der Waals surface area contributed by atoms with Gasteiger partial charge in [-0.2, -0.15) is 0 Å². The van der Waals surface area contributed by atoms with Gasteiger partial charge in [0.25, 0.3) is 5.91 Å². The Hall–Kier alpha value is -2.04. The lowest BCUT2D eigenvalue weighted by atomic mass is 9.93. The van der Waals surface area contributed by atoms with Gasteiger partial charge >= 0.3 is 0 Å². The van der Waals surface area contributed by atoms with Crippen LogP contribution in [-0.4, -0.2) is 41.2 Å². The quantitative estimate of drug-likeness (QED) is 0.905. The molecule has 1 aliphatic heterocycles. The van der Waals surface area contributed by atoms with Crippen molar-refractivity contribution in [3.8, 4) is 5.75 Å². The Labute approximate surface area is 153 Å². The van der Waals surface area contributed by atoms with Gasteiger partial charge in [0.1, 0.15) is 18.0 Å². The summed E-state index contributed by atoms with van der Waals surface area (Å²) >= 11 is 5.95. The van der Waals surface area contributed by atoms with Crippen LogP contribution in [0.3, 0.4) is 0 Å². The molecule has 1 atom stereocenters. The molecule has 0 aromatic heterocycles. The average Bonchev–Trinajstić information content (AvgIpc) is 2.60. The van der Waals surface area contributed by atoms with E-state index in [1.807, 2.05) is 31.2 Å². The maximum Gasteiger partial charge on any atom is 0.254 e. The van der Waals surface area contributed by atoms with Gasteiger partial charge in [0.05, 0.1) is 6.54 Å². The largest absolute Gasteiger partial charge is 0.490 e. The topological polar surface area (TPSA) is 49.8 Å². The van der Waals surface area contributed by atoms with Crippen molar-refractivity contribution in [3.63, 3.8) is 0 Å². The highest BCUT2D eigenvalue weighted by Gasteiger charge is 2.36. The minimum Gasteiger partial charge on any atom is -0.490 e. The van der Waals surface area contributed by atoms with Crippen molar-refractivity contribution >= 4 is 17.5 Å². The van der Waals surface area contributed by atoms with E-state index in [-0.39, 0.29) is 19.1 Å². The van der Waals surface area contributed by atoms with E-state index < -0.39 is 5.60 Å². The second-order valence-corrected chi connectivity index (χ2v) is 7.05. The number of likely N-dealkylation sites (tertiary alicyclic amines) is 1. The monoisotopic (exact) mass is 359 g/mol. The van der Waals surface area contributed by atoms with Crippen molar-refractivity contribution in [1.29, 1.82) is 0 Å². The van der Waals surface area contributed by atoms with E-state index in [1.165, 1.54) is 0 Å². The van der Waals surface area contributed by atoms with Crippen molar-refractivity contribution < 1.29 is 14.6 Å². The van der Waals surface area contributed by atoms with E-state index in [1.54, 1.807) is 29.2 Å². The van der Waals surface area contributed by atoms with Crippen molar-refractivity contribution in [2.45, 2.75) is 25.4 Å². The summed E-state index contributed by atoms with van der Waals surface area (Å²) in [5, 5.41) is 11.5. The Morgan fingerprint density at radius 3 is 2.84 bits per heavy atom. The highest BCUT2D eigenvalue weighted by Crippen LogP contribution is 2.25. The molecular formula is C20H22ClNO3. The first-order chi connectivity index (χ1) is 12.0. The molecule has 132 valence electrons. The van der Waals surface area contributed by atoms with Crippen LogP contribution in [0.25, 0.3) is 0 Å². The first-order valence-electron chi connectivity index (χ1n) is 8.42. The predicted molar refractivity (Wildman–Crippen MR) is 98.2 cm³/mol. The molecule has 1 unspecified atom stereocenters. The van der Waals surface area contributed by atoms with E-state index in [2.05, 4.69) is 0 Å². The molecule has 1 saturated heterocycles. The van der Waals surface area contributed by atoms with Crippen LogP contribution in [0.4, 0.5) is 0 Å². The molecule has 2 aromatic carbocycles. The van der Waals surface area contributed by atoms with Crippen LogP contribution in [0.1, 0.15) is 28.8 Å². The minimum absolute atomic E-state index is 0.0426. The number of halogens is 1. The van der Waals surface area contributed by atoms with E-state index in [0.717, 1.165) is 12.0 Å². The number of β-amino-alcohol motifs (C(OH)–C–C–N with tert-alkyl or cyclic N) is 1. The van der Waals surface area contributed by atoms with Gasteiger partial charge in [-0.15, -0.1) is 0 Å². The Morgan fingerprint density at radius 1 is 1.28 bits per heavy atom. The summed E-state index contributed by atoms with van der Waals surface area (Å²) in [5.41, 5.74) is 0.568. The molecule has 1 N–H and O–H groups in total. The number of rotatable bonds is 4. The molecule has 1 amide bonds. The normalized spacial score (nSPS) is 20.4. The van der Waals surface area contributed by atoms with Gasteiger partial charge in [-0.1, -0.05) is 35.9 Å². The number of hydrogen-bond donors (Lipinski definition) is 1. The van der Waals surface area contributed by atoms with Gasteiger partial charge in [-0.05, 0) is 49.6 Å². The van der Waals surface area contributed by atoms with Crippen LogP contribution in [0.15, 0.2) is 48.5 Å². The lowest BCUT2D eigenvalue weighted by molar-refractivity contribution is -0.0532. The predicted octanol–water partition coefficient (Wildman–Crippen LogP) is 3.69. The van der Waals surface area contributed by atoms with Crippen LogP contribution in [0.5, 0.6) is 5.75 Å². The van der Waals surface area contributed by atoms with Gasteiger partial charge in [-0.3, -0.25) is 4.79 Å². The van der Waals surface area contributed by atoms with Crippen molar-refractivity contribution in [3.05, 3.63) is 64.7 Å². The van der Waals surface area contributed by atoms with Crippen molar-refractivity contribution in [2.24, 2.45) is 0 Å². The van der Waals surface area contributed by atoms with Crippen LogP contribution in [-0.2, 0) is 0 Å². The standard InChI is InChI=1S/C20H22ClNO3/c1-15-6-2-3-9-18(15)19(23)22-11-5-10-20(24,13-22)14-25-17-8-4-7-16(21)12-17/h2-4,6-9,12,24H,5,10-11,13-14H2,1H3. The van der Waals surface area contributed by atoms with Crippen LogP contribution in [0, 0.1) is 6.92 Å². The van der Waals surface area contributed by atoms with E-state index in [4.69, 9.17) is 16.3 Å². The maximum absolute atomic E-state index is 12.8. The summed E-state index contributed by atoms with van der Waals surface area (Å²) in [4.78, 5) is 14.5. The Kier molecular flexibility index (Phi) is 5.30. The molecule has 0 bridgehead atoms. The number of hydrogen-bond acceptors (Lipinski definition) is 3. The molecule has 2 aromatic rings. The zero-order valence-corrected chi connectivity index (χ0v) is 15.0. The number of aliphatic hydroxyl groups is 1. The number of amides is 1. The van der Waals surface area contributed by atoms with Crippen LogP contribution < -0.4 is 4.74 Å². The molecule has 3 rings (SSSR count). The van der Waals surface area contributed by atoms with Crippen LogP contribution >= 0.6 is 11.6 Å². The van der Waals surface area contributed by atoms with Gasteiger partial charge in [0, 0.05) is 17.1 Å². The second kappa shape index (κ2) is 7.46. The zero-order chi connectivity index (χ0) is 17.9. The third kappa shape index (κ3) is 4.33. The summed E-state index contributed by atoms with van der Waals surface area (Å²) in [7, 11) is 0. The van der Waals surface area contributed by atoms with Gasteiger partial charge in [-0.25, -0.2) is 0 Å². The van der Waals surface area contributed by atoms with E-state index in [0.29, 0.717) is 29.3 Å². The number of aryl methyl sites for hydroxylation is 1. The summed E-state index contributed by atoms with van der Waals surface area (Å²) in [5.74, 6) is 0.572. The summed E-state index contributed by atoms with van der Waals surface area (Å²) in [6.07, 6.45) is 1.35. The zero-order valence-electron chi connectivity index (χ0n) is 14.2. The first kappa shape index (κ1) is 17.8. The van der Waals surface area contributed by atoms with Crippen molar-refractivity contribution in [1.82, 2.24) is 4.90 Å². The van der Waals surface area contributed by atoms with Gasteiger partial charge in [0.2, 0.25) is 0 Å². The minimum atomic E-state index is -1.06. The smallest absolute Gasteiger partial charge is 0.254 e. The molecule has 0 radical (unpaired) electrons. The van der Waals surface area contributed by atoms with Gasteiger partial charge < -0.3 is 14.7 Å². The molecule has 5 heteroatoms. The third-order valence-corrected chi connectivity index (χ3v) is 4.76. The SMILES string of the molecule is Cc1ccccc1C(=O)N1CCCC(O)(COc2cccc(Cl)c2)C1. The number of nitrogens with zero attached hydrogens (tertiary/aromatic N) is 1. The summed E-state index contributed by atoms with van der Waals surface area (Å²) in [6, 6.07) is 14.6. The number of carbonyl (C=O) groups is 1. The summed E-state index contributed by atoms with van der Waals surface area (Å²) in [6.45, 7) is 2.96. The van der Waals surface area contributed by atoms with Crippen LogP contribution in [0.2, 0.25) is 5.02 Å². The second-order valence-electron chi connectivity index (χ2n) is 6.62. The average molecular weight is 360 g/mol. The maximum atomic E-state index is 12.8. The number of carbonyl (C=O) groups excluding carboxylic acids is 1. The van der Waals surface area contributed by atoms with Gasteiger partial charge in [0.15, 0.2) is 0 Å². The van der Waals surface area contributed by atoms with E-state index in [9.17, 15) is 9.90 Å². The molecule has 1 heterocycles.